The lowest BCUT2D eigenvalue weighted by Gasteiger charge is -2.33. The number of rotatable bonds is 7. The molecule has 1 heterocycles. The molecule has 0 saturated carbocycles. The highest BCUT2D eigenvalue weighted by Gasteiger charge is 2.29. The zero-order valence-electron chi connectivity index (χ0n) is 17.7. The van der Waals surface area contributed by atoms with E-state index in [9.17, 15) is 17.2 Å². The molecule has 2 aromatic carbocycles. The summed E-state index contributed by atoms with van der Waals surface area (Å²) in [5, 5.41) is 6.28. The fourth-order valence-corrected chi connectivity index (χ4v) is 5.51. The molecule has 31 heavy (non-hydrogen) atoms. The summed E-state index contributed by atoms with van der Waals surface area (Å²) in [6.07, 6.45) is 1.37. The van der Waals surface area contributed by atoms with Gasteiger partial charge in [0.2, 0.25) is 0 Å². The van der Waals surface area contributed by atoms with Gasteiger partial charge in [-0.3, -0.25) is 4.72 Å². The van der Waals surface area contributed by atoms with Gasteiger partial charge in [0.1, 0.15) is 5.69 Å². The Kier molecular flexibility index (Phi) is 7.76. The van der Waals surface area contributed by atoms with Crippen molar-refractivity contribution in [3.63, 3.8) is 0 Å². The molecular formula is C21H27F2IN4O2S. The number of nitrogens with zero attached hydrogens (tertiary/aromatic N) is 1. The molecule has 1 aliphatic rings. The lowest BCUT2D eigenvalue weighted by Crippen LogP contribution is -2.48. The van der Waals surface area contributed by atoms with Crippen LogP contribution in [0.1, 0.15) is 32.3 Å². The van der Waals surface area contributed by atoms with Crippen LogP contribution in [-0.2, 0) is 10.2 Å². The third-order valence-corrected chi connectivity index (χ3v) is 7.34. The van der Waals surface area contributed by atoms with Gasteiger partial charge < -0.3 is 10.6 Å². The average Bonchev–Trinajstić information content (AvgIpc) is 2.69. The Morgan fingerprint density at radius 2 is 1.74 bits per heavy atom. The van der Waals surface area contributed by atoms with Crippen LogP contribution in [0.25, 0.3) is 0 Å². The monoisotopic (exact) mass is 564 g/mol. The molecule has 0 radical (unpaired) electrons. The largest absolute Gasteiger partial charge is 0.351 e. The van der Waals surface area contributed by atoms with Crippen molar-refractivity contribution in [1.29, 1.82) is 0 Å². The van der Waals surface area contributed by atoms with Gasteiger partial charge in [-0.15, -0.1) is 0 Å². The fraction of sp³-hybridized carbons (Fsp3) is 0.429. The summed E-state index contributed by atoms with van der Waals surface area (Å²) in [6.45, 7) is 6.64. The molecule has 0 spiro atoms. The summed E-state index contributed by atoms with van der Waals surface area (Å²) < 4.78 is 59.3. The number of aryl methyl sites for hydroxylation is 1. The molecular weight excluding hydrogens is 537 g/mol. The highest BCUT2D eigenvalue weighted by molar-refractivity contribution is 14.1. The minimum atomic E-state index is -3.92. The van der Waals surface area contributed by atoms with Gasteiger partial charge in [-0.25, -0.2) is 8.78 Å². The van der Waals surface area contributed by atoms with E-state index in [-0.39, 0.29) is 17.4 Å². The predicted octanol–water partition coefficient (Wildman–Crippen LogP) is 4.74. The Bertz CT molecular complexity index is 1040. The van der Waals surface area contributed by atoms with Crippen LogP contribution in [-0.4, -0.2) is 37.9 Å². The van der Waals surface area contributed by atoms with E-state index in [1.807, 2.05) is 19.1 Å². The number of hydrogen-bond acceptors (Lipinski definition) is 4. The van der Waals surface area contributed by atoms with Crippen molar-refractivity contribution in [3.8, 4) is 0 Å². The maximum atomic E-state index is 14.7. The fourth-order valence-electron chi connectivity index (χ4n) is 3.60. The first-order valence-corrected chi connectivity index (χ1v) is 12.6. The van der Waals surface area contributed by atoms with Gasteiger partial charge in [-0.1, -0.05) is 13.8 Å². The van der Waals surface area contributed by atoms with E-state index in [1.54, 1.807) is 6.07 Å². The quantitative estimate of drug-likeness (QED) is 0.425. The second-order valence-electron chi connectivity index (χ2n) is 7.97. The van der Waals surface area contributed by atoms with Crippen molar-refractivity contribution in [1.82, 2.24) is 9.62 Å². The predicted molar refractivity (Wildman–Crippen MR) is 129 cm³/mol. The van der Waals surface area contributed by atoms with Crippen molar-refractivity contribution >= 4 is 49.9 Å². The van der Waals surface area contributed by atoms with Gasteiger partial charge in [-0.2, -0.15) is 12.7 Å². The molecule has 0 bridgehead atoms. The molecule has 0 unspecified atom stereocenters. The topological polar surface area (TPSA) is 73.5 Å². The van der Waals surface area contributed by atoms with Crippen molar-refractivity contribution in [2.75, 3.05) is 23.1 Å². The third kappa shape index (κ3) is 6.05. The number of anilines is 3. The second kappa shape index (κ2) is 9.97. The zero-order chi connectivity index (χ0) is 22.8. The van der Waals surface area contributed by atoms with Crippen LogP contribution in [0.5, 0.6) is 0 Å². The molecule has 1 fully saturated rings. The van der Waals surface area contributed by atoms with E-state index >= 15 is 0 Å². The smallest absolute Gasteiger partial charge is 0.301 e. The minimum absolute atomic E-state index is 0.0423. The Hall–Kier alpha value is -1.50. The molecule has 1 saturated heterocycles. The molecule has 0 atom stereocenters. The van der Waals surface area contributed by atoms with Crippen LogP contribution in [0.4, 0.5) is 25.8 Å². The Morgan fingerprint density at radius 3 is 2.35 bits per heavy atom. The first-order chi connectivity index (χ1) is 14.6. The highest BCUT2D eigenvalue weighted by atomic mass is 127. The number of benzene rings is 2. The van der Waals surface area contributed by atoms with E-state index in [1.165, 1.54) is 10.4 Å². The SMILES string of the molecule is Cc1cc(I)ccc1Nc1c(NS(=O)(=O)N2CCC(NC(C)C)CC2)ccc(F)c1F. The number of nitrogens with one attached hydrogen (secondary N) is 3. The van der Waals surface area contributed by atoms with E-state index in [4.69, 9.17) is 0 Å². The lowest BCUT2D eigenvalue weighted by atomic mass is 10.1. The van der Waals surface area contributed by atoms with Gasteiger partial charge in [0.25, 0.3) is 0 Å². The van der Waals surface area contributed by atoms with Crippen LogP contribution in [0.2, 0.25) is 0 Å². The molecule has 0 aliphatic carbocycles. The molecule has 6 nitrogen and oxygen atoms in total. The normalized spacial score (nSPS) is 16.0. The van der Waals surface area contributed by atoms with Crippen LogP contribution < -0.4 is 15.4 Å². The van der Waals surface area contributed by atoms with Gasteiger partial charge in [-0.05, 0) is 78.3 Å². The molecule has 0 amide bonds. The molecule has 10 heteroatoms. The Balaban J connectivity index is 1.82. The van der Waals surface area contributed by atoms with Crippen LogP contribution in [0.15, 0.2) is 30.3 Å². The molecule has 3 N–H and O–H groups in total. The number of halogens is 3. The van der Waals surface area contributed by atoms with E-state index in [0.717, 1.165) is 15.2 Å². The first kappa shape index (κ1) is 24.1. The molecule has 0 aromatic heterocycles. The van der Waals surface area contributed by atoms with Gasteiger partial charge in [0, 0.05) is 34.4 Å². The van der Waals surface area contributed by atoms with E-state index < -0.39 is 21.8 Å². The molecule has 2 aromatic rings. The van der Waals surface area contributed by atoms with Crippen LogP contribution in [0.3, 0.4) is 0 Å². The summed E-state index contributed by atoms with van der Waals surface area (Å²) >= 11 is 2.16. The number of piperidine rings is 1. The highest BCUT2D eigenvalue weighted by Crippen LogP contribution is 2.33. The maximum absolute atomic E-state index is 14.7. The maximum Gasteiger partial charge on any atom is 0.301 e. The van der Waals surface area contributed by atoms with Crippen molar-refractivity contribution in [2.24, 2.45) is 0 Å². The van der Waals surface area contributed by atoms with Crippen LogP contribution in [0, 0.1) is 22.1 Å². The third-order valence-electron chi connectivity index (χ3n) is 5.14. The van der Waals surface area contributed by atoms with Crippen molar-refractivity contribution in [2.45, 2.75) is 45.7 Å². The molecule has 170 valence electrons. The summed E-state index contributed by atoms with van der Waals surface area (Å²) in [4.78, 5) is 0. The van der Waals surface area contributed by atoms with Crippen LogP contribution >= 0.6 is 22.6 Å². The standard InChI is InChI=1S/C21H27F2IN4O2S/c1-13(2)25-16-8-10-28(11-9-16)31(29,30)27-19-7-5-17(22)20(23)21(19)26-18-6-4-15(24)12-14(18)3/h4-7,12-13,16,25-27H,8-11H2,1-3H3. The van der Waals surface area contributed by atoms with Crippen molar-refractivity contribution in [3.05, 3.63) is 51.1 Å². The zero-order valence-corrected chi connectivity index (χ0v) is 20.6. The summed E-state index contributed by atoms with van der Waals surface area (Å²) in [7, 11) is -3.92. The number of hydrogen-bond donors (Lipinski definition) is 3. The van der Waals surface area contributed by atoms with Crippen molar-refractivity contribution < 1.29 is 17.2 Å². The summed E-state index contributed by atoms with van der Waals surface area (Å²) in [6, 6.07) is 8.19. The summed E-state index contributed by atoms with van der Waals surface area (Å²) in [5.41, 5.74) is 1.10. The Morgan fingerprint density at radius 1 is 1.10 bits per heavy atom. The minimum Gasteiger partial charge on any atom is -0.351 e. The van der Waals surface area contributed by atoms with Gasteiger partial charge in [0.05, 0.1) is 5.69 Å². The molecule has 1 aliphatic heterocycles. The van der Waals surface area contributed by atoms with Gasteiger partial charge in [0.15, 0.2) is 11.6 Å². The summed E-state index contributed by atoms with van der Waals surface area (Å²) in [5.74, 6) is -2.20. The van der Waals surface area contributed by atoms with Gasteiger partial charge >= 0.3 is 10.2 Å². The Labute approximate surface area is 196 Å². The van der Waals surface area contributed by atoms with E-state index in [2.05, 4.69) is 51.8 Å². The second-order valence-corrected chi connectivity index (χ2v) is 10.9. The molecule has 3 rings (SSSR count). The average molecular weight is 564 g/mol. The first-order valence-electron chi connectivity index (χ1n) is 10.1. The lowest BCUT2D eigenvalue weighted by molar-refractivity contribution is 0.281. The van der Waals surface area contributed by atoms with E-state index in [0.29, 0.717) is 37.7 Å².